The van der Waals surface area contributed by atoms with Crippen molar-refractivity contribution in [3.8, 4) is 0 Å². The molecule has 35 heteroatoms. The van der Waals surface area contributed by atoms with Crippen molar-refractivity contribution < 1.29 is 169 Å². The van der Waals surface area contributed by atoms with E-state index in [1.165, 1.54) is 103 Å². The molecule has 0 saturated carbocycles. The molecule has 35 nitrogen and oxygen atoms in total. The number of ether oxygens (including phenoxy) is 12. The number of unbranched alkanes of at least 4 members (excludes halogenated alkanes) is 26. The number of hydrogen-bond acceptors (Lipinski definition) is 34. The number of carbonyl (C=O) groups is 1. The summed E-state index contributed by atoms with van der Waals surface area (Å²) in [6.45, 7) is 0.374. The van der Waals surface area contributed by atoms with Gasteiger partial charge in [-0.2, -0.15) is 0 Å². The van der Waals surface area contributed by atoms with Crippen LogP contribution >= 0.6 is 0 Å². The molecule has 111 heavy (non-hydrogen) atoms. The molecule has 6 heterocycles. The van der Waals surface area contributed by atoms with E-state index >= 15 is 0 Å². The van der Waals surface area contributed by atoms with E-state index in [-0.39, 0.29) is 12.8 Å². The fourth-order valence-corrected chi connectivity index (χ4v) is 15.1. The van der Waals surface area contributed by atoms with Gasteiger partial charge in [0.1, 0.15) is 153 Å². The highest BCUT2D eigenvalue weighted by molar-refractivity contribution is 5.80. The van der Waals surface area contributed by atoms with Gasteiger partial charge in [0, 0.05) is 0 Å². The monoisotopic (exact) mass is 1610 g/mol. The van der Waals surface area contributed by atoms with Crippen LogP contribution in [0.25, 0.3) is 0 Å². The molecule has 654 valence electrons. The summed E-state index contributed by atoms with van der Waals surface area (Å²) in [4.78, 5) is 13.7. The second-order valence-electron chi connectivity index (χ2n) is 31.7. The summed E-state index contributed by atoms with van der Waals surface area (Å²) in [7, 11) is 0. The van der Waals surface area contributed by atoms with Crippen molar-refractivity contribution in [1.82, 2.24) is 5.32 Å². The summed E-state index contributed by atoms with van der Waals surface area (Å²) in [6, 6.07) is -1.43. The van der Waals surface area contributed by atoms with Crippen LogP contribution in [-0.2, 0) is 61.6 Å². The minimum Gasteiger partial charge on any atom is -0.394 e. The summed E-state index contributed by atoms with van der Waals surface area (Å²) in [6.07, 6.45) is -28.1. The van der Waals surface area contributed by atoms with Crippen LogP contribution in [0.5, 0.6) is 0 Å². The summed E-state index contributed by atoms with van der Waals surface area (Å²) < 4.78 is 70.6. The van der Waals surface area contributed by atoms with Gasteiger partial charge in [0.05, 0.1) is 58.4 Å². The molecule has 0 spiro atoms. The van der Waals surface area contributed by atoms with Gasteiger partial charge in [0.15, 0.2) is 37.7 Å². The van der Waals surface area contributed by atoms with E-state index in [1.807, 2.05) is 0 Å². The number of amides is 1. The zero-order valence-electron chi connectivity index (χ0n) is 65.2. The quantitative estimate of drug-likeness (QED) is 0.0290. The first-order valence-electron chi connectivity index (χ1n) is 41.3. The fourth-order valence-electron chi connectivity index (χ4n) is 15.1. The lowest BCUT2D eigenvalue weighted by Crippen LogP contribution is -2.64. The van der Waals surface area contributed by atoms with E-state index in [2.05, 4.69) is 26.1 Å². The number of nitrogens with one attached hydrogen (secondary N) is 1. The molecule has 0 aliphatic carbocycles. The minimum absolute atomic E-state index is 0.108. The molecular weight excluding hydrogens is 1470 g/mol. The molecule has 6 fully saturated rings. The number of carbonyl (C=O) groups excluding carboxylic acids is 1. The maximum atomic E-state index is 13.7. The molecule has 6 aliphatic rings. The maximum absolute atomic E-state index is 13.7. The van der Waals surface area contributed by atoms with E-state index in [0.717, 1.165) is 70.6 Å². The van der Waals surface area contributed by atoms with E-state index in [0.29, 0.717) is 18.8 Å². The first kappa shape index (κ1) is 98.0. The average Bonchev–Trinajstić information content (AvgIpc) is 1.64. The summed E-state index contributed by atoms with van der Waals surface area (Å²) in [5.41, 5.74) is 0. The third kappa shape index (κ3) is 30.4. The van der Waals surface area contributed by atoms with E-state index in [9.17, 15) is 112 Å². The summed E-state index contributed by atoms with van der Waals surface area (Å²) >= 11 is 0. The van der Waals surface area contributed by atoms with Crippen LogP contribution in [-0.4, -0.2) is 362 Å². The van der Waals surface area contributed by atoms with Gasteiger partial charge in [-0.1, -0.05) is 207 Å². The molecule has 6 rings (SSSR count). The van der Waals surface area contributed by atoms with Gasteiger partial charge >= 0.3 is 0 Å². The van der Waals surface area contributed by atoms with Gasteiger partial charge < -0.3 is 169 Å². The highest BCUT2D eigenvalue weighted by atomic mass is 16.8. The Kier molecular flexibility index (Phi) is 46.1. The van der Waals surface area contributed by atoms with E-state index in [1.54, 1.807) is 0 Å². The second-order valence-corrected chi connectivity index (χ2v) is 31.7. The standard InChI is InChI=1S/C76H141NO34/c1-4-5-6-7-8-9-10-11-12-13-14-15-16-17-18-19-20-25-28-31-34-45(83)70(99)77-43(52(88)44(82)33-30-27-24-22-21-23-26-29-32-42(2)3)39-100-71-59(95)56(92)54(90)51(104-71)41-102-75-67(53(89)49(87)40-101-75)109-74-62(98)66(55(91)50(38-81)103-74)108-76-69(111-73-61(97)58(94)64(106-73)47(85)36-79)68(65(107-76)48(86)37-80)110-72-60(96)57(93)63(105-72)46(84)35-78/h42-69,71-76,78-98H,4-41H2,1-3H3,(H,77,99). The maximum Gasteiger partial charge on any atom is 0.249 e. The molecule has 0 aromatic carbocycles. The Morgan fingerprint density at radius 2 is 0.802 bits per heavy atom. The van der Waals surface area contributed by atoms with Crippen molar-refractivity contribution in [1.29, 1.82) is 0 Å². The predicted molar refractivity (Wildman–Crippen MR) is 390 cm³/mol. The third-order valence-electron chi connectivity index (χ3n) is 22.2. The van der Waals surface area contributed by atoms with Crippen molar-refractivity contribution in [2.24, 2.45) is 5.92 Å². The molecule has 22 N–H and O–H groups in total. The highest BCUT2D eigenvalue weighted by Gasteiger charge is 2.60. The molecule has 0 aromatic heterocycles. The van der Waals surface area contributed by atoms with Gasteiger partial charge in [-0.15, -0.1) is 0 Å². The Hall–Kier alpha value is -1.85. The van der Waals surface area contributed by atoms with Crippen molar-refractivity contribution in [2.75, 3.05) is 46.2 Å². The molecular formula is C76H141NO34. The van der Waals surface area contributed by atoms with Crippen molar-refractivity contribution in [3.63, 3.8) is 0 Å². The van der Waals surface area contributed by atoms with Crippen LogP contribution in [0, 0.1) is 5.92 Å². The Morgan fingerprint density at radius 1 is 0.387 bits per heavy atom. The molecule has 33 atom stereocenters. The third-order valence-corrected chi connectivity index (χ3v) is 22.2. The van der Waals surface area contributed by atoms with Crippen molar-refractivity contribution >= 4 is 5.91 Å². The van der Waals surface area contributed by atoms with Gasteiger partial charge in [0.2, 0.25) is 5.91 Å². The molecule has 33 unspecified atom stereocenters. The number of rotatable bonds is 57. The Bertz CT molecular complexity index is 2430. The molecule has 0 radical (unpaired) electrons. The number of hydrogen-bond donors (Lipinski definition) is 22. The smallest absolute Gasteiger partial charge is 0.249 e. The zero-order chi connectivity index (χ0) is 81.3. The van der Waals surface area contributed by atoms with E-state index < -0.39 is 255 Å². The average molecular weight is 1610 g/mol. The molecule has 6 saturated heterocycles. The summed E-state index contributed by atoms with van der Waals surface area (Å²) in [5, 5.41) is 233. The van der Waals surface area contributed by atoms with Gasteiger partial charge in [-0.3, -0.25) is 4.79 Å². The van der Waals surface area contributed by atoms with Gasteiger partial charge in [0.25, 0.3) is 0 Å². The minimum atomic E-state index is -2.30. The second kappa shape index (κ2) is 52.3. The molecule has 1 amide bonds. The van der Waals surface area contributed by atoms with Crippen molar-refractivity contribution in [2.45, 2.75) is 422 Å². The first-order chi connectivity index (χ1) is 53.2. The number of aliphatic hydroxyl groups excluding tert-OH is 21. The predicted octanol–water partition coefficient (Wildman–Crippen LogP) is -2.10. The van der Waals surface area contributed by atoms with Gasteiger partial charge in [-0.05, 0) is 18.8 Å². The van der Waals surface area contributed by atoms with Crippen LogP contribution in [0.4, 0.5) is 0 Å². The lowest BCUT2D eigenvalue weighted by atomic mass is 9.98. The lowest BCUT2D eigenvalue weighted by molar-refractivity contribution is -0.374. The van der Waals surface area contributed by atoms with Crippen LogP contribution in [0.15, 0.2) is 0 Å². The zero-order valence-corrected chi connectivity index (χ0v) is 65.2. The largest absolute Gasteiger partial charge is 0.394 e. The lowest BCUT2D eigenvalue weighted by Gasteiger charge is -2.46. The highest BCUT2D eigenvalue weighted by Crippen LogP contribution is 2.40. The Labute approximate surface area is 652 Å². The van der Waals surface area contributed by atoms with Crippen LogP contribution in [0.1, 0.15) is 220 Å². The first-order valence-corrected chi connectivity index (χ1v) is 41.3. The Morgan fingerprint density at radius 3 is 1.29 bits per heavy atom. The number of aliphatic hydroxyl groups is 21. The summed E-state index contributed by atoms with van der Waals surface area (Å²) in [5.74, 6) is -0.199. The van der Waals surface area contributed by atoms with Crippen LogP contribution < -0.4 is 5.32 Å². The van der Waals surface area contributed by atoms with Crippen LogP contribution in [0.2, 0.25) is 0 Å². The normalized spacial score (nSPS) is 36.0. The topological polar surface area (TPSA) is 565 Å². The van der Waals surface area contributed by atoms with Crippen LogP contribution in [0.3, 0.4) is 0 Å². The molecule has 0 aromatic rings. The fraction of sp³-hybridized carbons (Fsp3) is 0.987. The van der Waals surface area contributed by atoms with Crippen molar-refractivity contribution in [3.05, 3.63) is 0 Å². The SMILES string of the molecule is CCCCCCCCCCCCCCCCCCCCCCC(O)C(=O)NC(COC1OC(COC2OCC(O)C(O)C2OC2OC(CO)C(O)C(OC3OC(C(O)CO)C(OC4OC(C(O)CO)C(O)C4O)C3OC3OC(C(O)CO)C(O)C3O)C2O)C(O)C(O)C1O)C(O)C(O)CCCCCCCCCCC(C)C. The molecule has 0 bridgehead atoms. The van der Waals surface area contributed by atoms with E-state index in [4.69, 9.17) is 56.8 Å². The Balaban J connectivity index is 1.08. The van der Waals surface area contributed by atoms with Gasteiger partial charge in [-0.25, -0.2) is 0 Å². The molecule has 6 aliphatic heterocycles.